The second kappa shape index (κ2) is 8.38. The first-order valence-electron chi connectivity index (χ1n) is 8.72. The second-order valence-corrected chi connectivity index (χ2v) is 6.25. The van der Waals surface area contributed by atoms with Gasteiger partial charge in [-0.2, -0.15) is 0 Å². The Morgan fingerprint density at radius 1 is 1.24 bits per heavy atom. The first-order chi connectivity index (χ1) is 10.3. The van der Waals surface area contributed by atoms with Crippen molar-refractivity contribution in [1.29, 1.82) is 0 Å². The highest BCUT2D eigenvalue weighted by Gasteiger charge is 2.24. The molecule has 1 saturated carbocycles. The van der Waals surface area contributed by atoms with Crippen LogP contribution in [0.4, 0.5) is 5.69 Å². The van der Waals surface area contributed by atoms with Crippen LogP contribution in [0.3, 0.4) is 0 Å². The van der Waals surface area contributed by atoms with Gasteiger partial charge < -0.3 is 10.2 Å². The molecule has 1 fully saturated rings. The number of nitrogens with one attached hydrogen (secondary N) is 1. The van der Waals surface area contributed by atoms with Crippen LogP contribution in [0, 0.1) is 5.92 Å². The van der Waals surface area contributed by atoms with E-state index < -0.39 is 0 Å². The molecular weight excluding hydrogens is 258 g/mol. The predicted molar refractivity (Wildman–Crippen MR) is 90.8 cm³/mol. The number of pyridine rings is 1. The average molecular weight is 289 g/mol. The summed E-state index contributed by atoms with van der Waals surface area (Å²) in [5.41, 5.74) is 2.47. The monoisotopic (exact) mass is 289 g/mol. The van der Waals surface area contributed by atoms with Crippen LogP contribution in [0.25, 0.3) is 0 Å². The van der Waals surface area contributed by atoms with E-state index in [2.05, 4.69) is 49.3 Å². The van der Waals surface area contributed by atoms with Crippen molar-refractivity contribution in [3.63, 3.8) is 0 Å². The summed E-state index contributed by atoms with van der Waals surface area (Å²) in [5, 5.41) is 3.58. The number of aromatic nitrogens is 1. The molecule has 1 aliphatic rings. The highest BCUT2D eigenvalue weighted by atomic mass is 15.1. The van der Waals surface area contributed by atoms with Gasteiger partial charge in [-0.05, 0) is 56.7 Å². The van der Waals surface area contributed by atoms with E-state index in [0.29, 0.717) is 6.04 Å². The van der Waals surface area contributed by atoms with Crippen molar-refractivity contribution in [1.82, 2.24) is 10.3 Å². The maximum Gasteiger partial charge on any atom is 0.0574 e. The Bertz CT molecular complexity index is 397. The van der Waals surface area contributed by atoms with Crippen LogP contribution in [-0.2, 0) is 0 Å². The van der Waals surface area contributed by atoms with Gasteiger partial charge in [0.15, 0.2) is 0 Å². The molecule has 0 aliphatic heterocycles. The lowest BCUT2D eigenvalue weighted by atomic mass is 10.1. The first-order valence-corrected chi connectivity index (χ1v) is 8.72. The highest BCUT2D eigenvalue weighted by Crippen LogP contribution is 2.31. The van der Waals surface area contributed by atoms with E-state index in [1.807, 2.05) is 0 Å². The van der Waals surface area contributed by atoms with Gasteiger partial charge in [-0.15, -0.1) is 0 Å². The number of anilines is 1. The number of nitrogens with zero attached hydrogens (tertiary/aromatic N) is 2. The van der Waals surface area contributed by atoms with Gasteiger partial charge in [0.2, 0.25) is 0 Å². The third kappa shape index (κ3) is 4.99. The molecule has 0 amide bonds. The maximum atomic E-state index is 4.73. The Balaban J connectivity index is 2.00. The molecule has 1 atom stereocenters. The van der Waals surface area contributed by atoms with Crippen LogP contribution >= 0.6 is 0 Å². The molecule has 3 heteroatoms. The Hall–Kier alpha value is -1.09. The zero-order valence-corrected chi connectivity index (χ0v) is 13.9. The van der Waals surface area contributed by atoms with Gasteiger partial charge in [0, 0.05) is 19.1 Å². The fourth-order valence-corrected chi connectivity index (χ4v) is 2.78. The summed E-state index contributed by atoms with van der Waals surface area (Å²) in [5.74, 6) is 0.922. The van der Waals surface area contributed by atoms with Crippen molar-refractivity contribution >= 4 is 5.69 Å². The fraction of sp³-hybridized carbons (Fsp3) is 0.722. The van der Waals surface area contributed by atoms with Crippen molar-refractivity contribution in [3.05, 3.63) is 24.0 Å². The van der Waals surface area contributed by atoms with Gasteiger partial charge in [-0.1, -0.05) is 20.8 Å². The van der Waals surface area contributed by atoms with Crippen molar-refractivity contribution in [3.8, 4) is 0 Å². The van der Waals surface area contributed by atoms with E-state index in [0.717, 1.165) is 25.4 Å². The molecule has 21 heavy (non-hydrogen) atoms. The summed E-state index contributed by atoms with van der Waals surface area (Å²) >= 11 is 0. The van der Waals surface area contributed by atoms with Crippen molar-refractivity contribution < 1.29 is 0 Å². The standard InChI is InChI=1S/C18H31N3/c1-4-11-19-17(6-3)18-10-9-16(13-20-18)21(12-5-2)14-15-7-8-15/h9-10,13,15,17,19H,4-8,11-12,14H2,1-3H3. The van der Waals surface area contributed by atoms with E-state index in [1.54, 1.807) is 0 Å². The van der Waals surface area contributed by atoms with Crippen LogP contribution < -0.4 is 10.2 Å². The normalized spacial score (nSPS) is 16.0. The average Bonchev–Trinajstić information content (AvgIpc) is 3.32. The lowest BCUT2D eigenvalue weighted by Gasteiger charge is -2.25. The van der Waals surface area contributed by atoms with Gasteiger partial charge >= 0.3 is 0 Å². The van der Waals surface area contributed by atoms with E-state index in [-0.39, 0.29) is 0 Å². The molecule has 1 N–H and O–H groups in total. The molecule has 1 unspecified atom stereocenters. The number of hydrogen-bond donors (Lipinski definition) is 1. The van der Waals surface area contributed by atoms with Crippen LogP contribution in [0.2, 0.25) is 0 Å². The molecule has 0 bridgehead atoms. The molecule has 3 nitrogen and oxygen atoms in total. The number of hydrogen-bond acceptors (Lipinski definition) is 3. The fourth-order valence-electron chi connectivity index (χ4n) is 2.78. The molecule has 0 aromatic carbocycles. The van der Waals surface area contributed by atoms with Crippen LogP contribution in [-0.4, -0.2) is 24.6 Å². The van der Waals surface area contributed by atoms with E-state index in [4.69, 9.17) is 4.98 Å². The Morgan fingerprint density at radius 2 is 2.05 bits per heavy atom. The van der Waals surface area contributed by atoms with Gasteiger partial charge in [0.05, 0.1) is 17.6 Å². The van der Waals surface area contributed by atoms with Gasteiger partial charge in [-0.3, -0.25) is 4.98 Å². The summed E-state index contributed by atoms with van der Waals surface area (Å²) in [4.78, 5) is 7.24. The highest BCUT2D eigenvalue weighted by molar-refractivity contribution is 5.45. The van der Waals surface area contributed by atoms with E-state index in [1.165, 1.54) is 43.6 Å². The van der Waals surface area contributed by atoms with Gasteiger partial charge in [-0.25, -0.2) is 0 Å². The Kier molecular flexibility index (Phi) is 6.50. The summed E-state index contributed by atoms with van der Waals surface area (Å²) in [6.45, 7) is 10.1. The summed E-state index contributed by atoms with van der Waals surface area (Å²) in [7, 11) is 0. The van der Waals surface area contributed by atoms with Crippen molar-refractivity contribution in [2.24, 2.45) is 5.92 Å². The van der Waals surface area contributed by atoms with Crippen LogP contribution in [0.15, 0.2) is 18.3 Å². The lowest BCUT2D eigenvalue weighted by molar-refractivity contribution is 0.507. The van der Waals surface area contributed by atoms with Crippen molar-refractivity contribution in [2.75, 3.05) is 24.5 Å². The quantitative estimate of drug-likeness (QED) is 0.701. The summed E-state index contributed by atoms with van der Waals surface area (Å²) < 4.78 is 0. The molecular formula is C18H31N3. The molecule has 0 spiro atoms. The molecule has 1 aromatic rings. The zero-order chi connectivity index (χ0) is 15.1. The predicted octanol–water partition coefficient (Wildman–Crippen LogP) is 4.16. The Morgan fingerprint density at radius 3 is 2.57 bits per heavy atom. The largest absolute Gasteiger partial charge is 0.370 e. The minimum atomic E-state index is 0.391. The Labute approximate surface area is 130 Å². The molecule has 1 aromatic heterocycles. The van der Waals surface area contributed by atoms with E-state index >= 15 is 0 Å². The zero-order valence-electron chi connectivity index (χ0n) is 13.9. The number of rotatable bonds is 10. The van der Waals surface area contributed by atoms with Crippen molar-refractivity contribution in [2.45, 2.75) is 58.9 Å². The smallest absolute Gasteiger partial charge is 0.0574 e. The minimum absolute atomic E-state index is 0.391. The molecule has 118 valence electrons. The van der Waals surface area contributed by atoms with Gasteiger partial charge in [0.25, 0.3) is 0 Å². The van der Waals surface area contributed by atoms with E-state index in [9.17, 15) is 0 Å². The molecule has 1 heterocycles. The summed E-state index contributed by atoms with van der Waals surface area (Å²) in [6.07, 6.45) is 8.34. The lowest BCUT2D eigenvalue weighted by Crippen LogP contribution is -2.27. The second-order valence-electron chi connectivity index (χ2n) is 6.25. The molecule has 0 saturated heterocycles. The van der Waals surface area contributed by atoms with Gasteiger partial charge in [0.1, 0.15) is 0 Å². The molecule has 0 radical (unpaired) electrons. The summed E-state index contributed by atoms with van der Waals surface area (Å²) in [6, 6.07) is 4.86. The topological polar surface area (TPSA) is 28.2 Å². The molecule has 2 rings (SSSR count). The SMILES string of the molecule is CCCNC(CC)c1ccc(N(CCC)CC2CC2)cn1. The maximum absolute atomic E-state index is 4.73. The molecule has 1 aliphatic carbocycles. The van der Waals surface area contributed by atoms with Crippen LogP contribution in [0.5, 0.6) is 0 Å². The third-order valence-corrected chi connectivity index (χ3v) is 4.21. The first kappa shape index (κ1) is 16.3. The van der Waals surface area contributed by atoms with Crippen LogP contribution in [0.1, 0.15) is 64.6 Å². The minimum Gasteiger partial charge on any atom is -0.370 e. The third-order valence-electron chi connectivity index (χ3n) is 4.21.